The fraction of sp³-hybridized carbons (Fsp3) is 0.176. The minimum Gasteiger partial charge on any atom is -0.336 e. The monoisotopic (exact) mass is 355 g/mol. The molecule has 3 aromatic rings. The fourth-order valence-electron chi connectivity index (χ4n) is 2.37. The van der Waals surface area contributed by atoms with Gasteiger partial charge < -0.3 is 5.84 Å². The van der Waals surface area contributed by atoms with Gasteiger partial charge in [0, 0.05) is 24.3 Å². The Kier molecular flexibility index (Phi) is 4.99. The van der Waals surface area contributed by atoms with E-state index in [0.29, 0.717) is 23.2 Å². The number of nitro benzene ring substituents is 1. The van der Waals surface area contributed by atoms with Crippen LogP contribution < -0.4 is 5.84 Å². The summed E-state index contributed by atoms with van der Waals surface area (Å²) in [7, 11) is 0. The second kappa shape index (κ2) is 7.35. The van der Waals surface area contributed by atoms with E-state index in [-0.39, 0.29) is 5.69 Å². The number of hydrogen-bond donors (Lipinski definition) is 1. The van der Waals surface area contributed by atoms with Gasteiger partial charge in [-0.2, -0.15) is 0 Å². The summed E-state index contributed by atoms with van der Waals surface area (Å²) in [4.78, 5) is 10.3. The number of thioether (sulfide) groups is 1. The van der Waals surface area contributed by atoms with Crippen LogP contribution in [-0.4, -0.2) is 19.8 Å². The molecule has 0 atom stereocenters. The van der Waals surface area contributed by atoms with Crippen LogP contribution in [0.3, 0.4) is 0 Å². The predicted molar refractivity (Wildman–Crippen MR) is 96.8 cm³/mol. The van der Waals surface area contributed by atoms with E-state index in [1.807, 2.05) is 18.2 Å². The van der Waals surface area contributed by atoms with Crippen molar-refractivity contribution in [3.05, 3.63) is 81.2 Å². The van der Waals surface area contributed by atoms with Gasteiger partial charge in [0.25, 0.3) is 5.69 Å². The number of aromatic nitrogens is 3. The second-order valence-corrected chi connectivity index (χ2v) is 6.53. The second-order valence-electron chi connectivity index (χ2n) is 5.58. The van der Waals surface area contributed by atoms with Crippen molar-refractivity contribution in [1.29, 1.82) is 0 Å². The van der Waals surface area contributed by atoms with E-state index in [2.05, 4.69) is 23.2 Å². The third-order valence-electron chi connectivity index (χ3n) is 3.86. The Morgan fingerprint density at radius 3 is 2.56 bits per heavy atom. The molecule has 0 amide bonds. The number of aryl methyl sites for hydroxylation is 1. The summed E-state index contributed by atoms with van der Waals surface area (Å²) in [5, 5.41) is 19.6. The lowest BCUT2D eigenvalue weighted by molar-refractivity contribution is -0.384. The Morgan fingerprint density at radius 2 is 1.88 bits per heavy atom. The summed E-state index contributed by atoms with van der Waals surface area (Å²) in [6.45, 7) is 2.05. The summed E-state index contributed by atoms with van der Waals surface area (Å²) in [6, 6.07) is 14.5. The first-order valence-corrected chi connectivity index (χ1v) is 8.63. The number of hydrogen-bond acceptors (Lipinski definition) is 6. The summed E-state index contributed by atoms with van der Waals surface area (Å²) in [5.41, 5.74) is 3.38. The standard InChI is InChI=1S/C17H17N5O2S/c1-12-4-2-3-5-14(12)10-16-19-20-17(21(16)18)25-11-13-6-8-15(9-7-13)22(23)24/h2-9H,10-11,18H2,1H3. The Morgan fingerprint density at radius 1 is 1.16 bits per heavy atom. The lowest BCUT2D eigenvalue weighted by Gasteiger charge is -2.06. The van der Waals surface area contributed by atoms with Crippen LogP contribution in [0.2, 0.25) is 0 Å². The Labute approximate surface area is 149 Å². The first-order valence-electron chi connectivity index (χ1n) is 7.64. The molecule has 8 heteroatoms. The van der Waals surface area contributed by atoms with Gasteiger partial charge in [-0.25, -0.2) is 4.68 Å². The van der Waals surface area contributed by atoms with E-state index < -0.39 is 4.92 Å². The molecule has 128 valence electrons. The Bertz CT molecular complexity index is 892. The molecule has 7 nitrogen and oxygen atoms in total. The normalized spacial score (nSPS) is 10.8. The molecule has 1 aromatic heterocycles. The van der Waals surface area contributed by atoms with E-state index in [1.54, 1.807) is 12.1 Å². The molecule has 0 saturated heterocycles. The smallest absolute Gasteiger partial charge is 0.269 e. The van der Waals surface area contributed by atoms with Gasteiger partial charge >= 0.3 is 0 Å². The molecule has 2 N–H and O–H groups in total. The quantitative estimate of drug-likeness (QED) is 0.316. The molecule has 3 rings (SSSR count). The van der Waals surface area contributed by atoms with Crippen molar-refractivity contribution in [2.45, 2.75) is 24.3 Å². The van der Waals surface area contributed by atoms with E-state index in [9.17, 15) is 10.1 Å². The number of non-ortho nitro benzene ring substituents is 1. The van der Waals surface area contributed by atoms with Crippen LogP contribution in [0.5, 0.6) is 0 Å². The third kappa shape index (κ3) is 3.97. The lowest BCUT2D eigenvalue weighted by Crippen LogP contribution is -2.14. The number of nitro groups is 1. The summed E-state index contributed by atoms with van der Waals surface area (Å²) >= 11 is 1.44. The molecule has 0 aliphatic carbocycles. The highest BCUT2D eigenvalue weighted by atomic mass is 32.2. The first kappa shape index (κ1) is 17.0. The van der Waals surface area contributed by atoms with Crippen LogP contribution in [0.1, 0.15) is 22.5 Å². The number of rotatable bonds is 6. The maximum absolute atomic E-state index is 10.7. The van der Waals surface area contributed by atoms with E-state index in [1.165, 1.54) is 34.1 Å². The third-order valence-corrected chi connectivity index (χ3v) is 4.87. The number of benzene rings is 2. The molecule has 0 fully saturated rings. The minimum atomic E-state index is -0.411. The highest BCUT2D eigenvalue weighted by molar-refractivity contribution is 7.98. The minimum absolute atomic E-state index is 0.0799. The van der Waals surface area contributed by atoms with Crippen LogP contribution in [-0.2, 0) is 12.2 Å². The predicted octanol–water partition coefficient (Wildman–Crippen LogP) is 3.09. The van der Waals surface area contributed by atoms with Gasteiger partial charge in [0.05, 0.1) is 4.92 Å². The van der Waals surface area contributed by atoms with Gasteiger partial charge in [0.1, 0.15) is 0 Å². The van der Waals surface area contributed by atoms with Gasteiger partial charge in [-0.05, 0) is 23.6 Å². The number of nitrogens with zero attached hydrogens (tertiary/aromatic N) is 4. The van der Waals surface area contributed by atoms with Gasteiger partial charge in [-0.3, -0.25) is 10.1 Å². The first-order chi connectivity index (χ1) is 12.0. The van der Waals surface area contributed by atoms with Gasteiger partial charge in [0.15, 0.2) is 5.82 Å². The largest absolute Gasteiger partial charge is 0.336 e. The number of nitrogen functional groups attached to an aromatic ring is 1. The van der Waals surface area contributed by atoms with Crippen molar-refractivity contribution < 1.29 is 4.92 Å². The number of nitrogens with two attached hydrogens (primary N) is 1. The van der Waals surface area contributed by atoms with Crippen molar-refractivity contribution in [3.63, 3.8) is 0 Å². The Hall–Kier alpha value is -2.87. The van der Waals surface area contributed by atoms with Crippen LogP contribution in [0.25, 0.3) is 0 Å². The molecular formula is C17H17N5O2S. The van der Waals surface area contributed by atoms with Gasteiger partial charge in [-0.15, -0.1) is 10.2 Å². The summed E-state index contributed by atoms with van der Waals surface area (Å²) in [6.07, 6.45) is 0.619. The zero-order valence-electron chi connectivity index (χ0n) is 13.6. The van der Waals surface area contributed by atoms with E-state index in [4.69, 9.17) is 5.84 Å². The molecule has 0 aliphatic rings. The van der Waals surface area contributed by atoms with Crippen LogP contribution in [0, 0.1) is 17.0 Å². The van der Waals surface area contributed by atoms with Crippen molar-refractivity contribution in [3.8, 4) is 0 Å². The molecule has 1 heterocycles. The summed E-state index contributed by atoms with van der Waals surface area (Å²) < 4.78 is 1.50. The highest BCUT2D eigenvalue weighted by Crippen LogP contribution is 2.23. The average molecular weight is 355 g/mol. The average Bonchev–Trinajstić information content (AvgIpc) is 2.95. The Balaban J connectivity index is 1.67. The molecule has 0 spiro atoms. The van der Waals surface area contributed by atoms with Crippen LogP contribution >= 0.6 is 11.8 Å². The van der Waals surface area contributed by atoms with E-state index in [0.717, 1.165) is 11.1 Å². The molecule has 0 bridgehead atoms. The summed E-state index contributed by atoms with van der Waals surface area (Å²) in [5.74, 6) is 7.41. The highest BCUT2D eigenvalue weighted by Gasteiger charge is 2.12. The van der Waals surface area contributed by atoms with Crippen molar-refractivity contribution in [2.75, 3.05) is 5.84 Å². The lowest BCUT2D eigenvalue weighted by atomic mass is 10.1. The van der Waals surface area contributed by atoms with Gasteiger partial charge in [-0.1, -0.05) is 48.2 Å². The molecule has 0 radical (unpaired) electrons. The fourth-order valence-corrected chi connectivity index (χ4v) is 3.20. The van der Waals surface area contributed by atoms with Crippen molar-refractivity contribution >= 4 is 17.4 Å². The van der Waals surface area contributed by atoms with Crippen molar-refractivity contribution in [2.24, 2.45) is 0 Å². The zero-order chi connectivity index (χ0) is 17.8. The van der Waals surface area contributed by atoms with Gasteiger partial charge in [0.2, 0.25) is 5.16 Å². The maximum Gasteiger partial charge on any atom is 0.269 e. The van der Waals surface area contributed by atoms with E-state index >= 15 is 0 Å². The molecule has 0 saturated carbocycles. The molecule has 0 aliphatic heterocycles. The maximum atomic E-state index is 10.7. The van der Waals surface area contributed by atoms with Crippen LogP contribution in [0.4, 0.5) is 5.69 Å². The topological polar surface area (TPSA) is 99.9 Å². The SMILES string of the molecule is Cc1ccccc1Cc1nnc(SCc2ccc([N+](=O)[O-])cc2)n1N. The molecule has 0 unspecified atom stereocenters. The molecule has 25 heavy (non-hydrogen) atoms. The zero-order valence-corrected chi connectivity index (χ0v) is 14.4. The molecular weight excluding hydrogens is 338 g/mol. The molecule has 2 aromatic carbocycles. The van der Waals surface area contributed by atoms with Crippen LogP contribution in [0.15, 0.2) is 53.7 Å². The van der Waals surface area contributed by atoms with Crippen molar-refractivity contribution in [1.82, 2.24) is 14.9 Å².